The number of halogens is 2. The fourth-order valence-corrected chi connectivity index (χ4v) is 2.62. The number of guanidine groups is 1. The van der Waals surface area contributed by atoms with Crippen LogP contribution in [-0.2, 0) is 13.6 Å². The molecule has 6 heteroatoms. The van der Waals surface area contributed by atoms with Gasteiger partial charge in [-0.15, -0.1) is 0 Å². The van der Waals surface area contributed by atoms with Gasteiger partial charge in [0.25, 0.3) is 0 Å². The number of aliphatic imine (C=N–C) groups is 1. The van der Waals surface area contributed by atoms with Crippen LogP contribution in [0.5, 0.6) is 0 Å². The maximum absolute atomic E-state index is 13.9. The van der Waals surface area contributed by atoms with Gasteiger partial charge in [0, 0.05) is 51.6 Å². The minimum Gasteiger partial charge on any atom is -0.356 e. The highest BCUT2D eigenvalue weighted by Crippen LogP contribution is 2.19. The normalized spacial score (nSPS) is 13.0. The van der Waals surface area contributed by atoms with Gasteiger partial charge in [-0.05, 0) is 23.8 Å². The van der Waals surface area contributed by atoms with Gasteiger partial charge < -0.3 is 14.8 Å². The number of hydrogen-bond donors (Lipinski definition) is 1. The molecule has 0 aliphatic heterocycles. The molecule has 0 aliphatic rings. The first kappa shape index (κ1) is 18.0. The van der Waals surface area contributed by atoms with Crippen LogP contribution in [0, 0.1) is 11.6 Å². The molecule has 4 nitrogen and oxygen atoms in total. The van der Waals surface area contributed by atoms with Gasteiger partial charge in [-0.2, -0.15) is 0 Å². The van der Waals surface area contributed by atoms with Crippen LogP contribution >= 0.6 is 0 Å². The quantitative estimate of drug-likeness (QED) is 0.673. The average molecular weight is 334 g/mol. The van der Waals surface area contributed by atoms with Crippen LogP contribution in [-0.4, -0.2) is 36.1 Å². The van der Waals surface area contributed by atoms with Crippen LogP contribution < -0.4 is 5.32 Å². The monoisotopic (exact) mass is 334 g/mol. The summed E-state index contributed by atoms with van der Waals surface area (Å²) in [4.78, 5) is 6.27. The summed E-state index contributed by atoms with van der Waals surface area (Å²) in [6, 6.07) is 7.75. The molecular formula is C18H24F2N4. The number of nitrogens with zero attached hydrogens (tertiary/aromatic N) is 3. The molecule has 0 spiro atoms. The third-order valence-corrected chi connectivity index (χ3v) is 4.08. The van der Waals surface area contributed by atoms with Gasteiger partial charge in [-0.3, -0.25) is 4.99 Å². The lowest BCUT2D eigenvalue weighted by molar-refractivity contribution is 0.458. The van der Waals surface area contributed by atoms with Crippen LogP contribution in [0.3, 0.4) is 0 Å². The van der Waals surface area contributed by atoms with Crippen molar-refractivity contribution in [2.45, 2.75) is 19.4 Å². The maximum Gasteiger partial charge on any atom is 0.193 e. The van der Waals surface area contributed by atoms with Crippen molar-refractivity contribution < 1.29 is 8.78 Å². The highest BCUT2D eigenvalue weighted by atomic mass is 19.1. The zero-order valence-corrected chi connectivity index (χ0v) is 14.6. The van der Waals surface area contributed by atoms with E-state index >= 15 is 0 Å². The lowest BCUT2D eigenvalue weighted by atomic mass is 10.0. The van der Waals surface area contributed by atoms with Crippen LogP contribution in [0.2, 0.25) is 0 Å². The predicted octanol–water partition coefficient (Wildman–Crippen LogP) is 3.11. The molecule has 0 radical (unpaired) electrons. The van der Waals surface area contributed by atoms with Crippen molar-refractivity contribution >= 4 is 5.96 Å². The van der Waals surface area contributed by atoms with Crippen LogP contribution in [0.15, 0.2) is 41.5 Å². The second-order valence-corrected chi connectivity index (χ2v) is 5.96. The van der Waals surface area contributed by atoms with E-state index in [1.54, 1.807) is 7.05 Å². The molecule has 1 atom stereocenters. The molecule has 0 fully saturated rings. The van der Waals surface area contributed by atoms with Crippen molar-refractivity contribution in [2.75, 3.05) is 20.6 Å². The second-order valence-electron chi connectivity index (χ2n) is 5.96. The van der Waals surface area contributed by atoms with Crippen molar-refractivity contribution in [3.8, 4) is 0 Å². The van der Waals surface area contributed by atoms with E-state index in [4.69, 9.17) is 0 Å². The third-order valence-electron chi connectivity index (χ3n) is 4.08. The Morgan fingerprint density at radius 1 is 1.33 bits per heavy atom. The summed E-state index contributed by atoms with van der Waals surface area (Å²) in [5.74, 6) is -0.456. The first-order valence-electron chi connectivity index (χ1n) is 7.89. The third kappa shape index (κ3) is 4.34. The van der Waals surface area contributed by atoms with E-state index in [0.29, 0.717) is 18.7 Å². The lowest BCUT2D eigenvalue weighted by Crippen LogP contribution is -2.40. The molecular weight excluding hydrogens is 310 g/mol. The summed E-state index contributed by atoms with van der Waals surface area (Å²) in [6.07, 6.45) is 2.00. The smallest absolute Gasteiger partial charge is 0.193 e. The van der Waals surface area contributed by atoms with Crippen LogP contribution in [0.4, 0.5) is 8.78 Å². The van der Waals surface area contributed by atoms with Crippen molar-refractivity contribution in [1.82, 2.24) is 14.8 Å². The summed E-state index contributed by atoms with van der Waals surface area (Å²) >= 11 is 0. The molecule has 0 bridgehead atoms. The molecule has 1 unspecified atom stereocenters. The fraction of sp³-hybridized carbons (Fsp3) is 0.389. The number of hydrogen-bond acceptors (Lipinski definition) is 1. The van der Waals surface area contributed by atoms with E-state index in [9.17, 15) is 8.78 Å². The lowest BCUT2D eigenvalue weighted by Gasteiger charge is -2.24. The molecule has 1 heterocycles. The number of benzene rings is 1. The first-order valence-corrected chi connectivity index (χ1v) is 7.89. The maximum atomic E-state index is 13.9. The Kier molecular flexibility index (Phi) is 5.95. The minimum absolute atomic E-state index is 0.106. The number of aromatic nitrogens is 1. The Morgan fingerprint density at radius 3 is 2.67 bits per heavy atom. The Hall–Kier alpha value is -2.37. The highest BCUT2D eigenvalue weighted by molar-refractivity contribution is 5.79. The van der Waals surface area contributed by atoms with Gasteiger partial charge in [-0.25, -0.2) is 8.78 Å². The Morgan fingerprint density at radius 2 is 2.08 bits per heavy atom. The second kappa shape index (κ2) is 7.95. The Bertz CT molecular complexity index is 709. The molecule has 2 rings (SSSR count). The van der Waals surface area contributed by atoms with E-state index in [1.165, 1.54) is 12.1 Å². The van der Waals surface area contributed by atoms with Gasteiger partial charge in [-0.1, -0.05) is 13.0 Å². The van der Waals surface area contributed by atoms with Crippen LogP contribution in [0.25, 0.3) is 0 Å². The number of nitrogens with one attached hydrogen (secondary N) is 1. The van der Waals surface area contributed by atoms with E-state index in [0.717, 1.165) is 17.7 Å². The van der Waals surface area contributed by atoms with Gasteiger partial charge in [0.1, 0.15) is 11.6 Å². The topological polar surface area (TPSA) is 32.6 Å². The predicted molar refractivity (Wildman–Crippen MR) is 93.0 cm³/mol. The molecule has 0 aliphatic carbocycles. The van der Waals surface area contributed by atoms with E-state index in [-0.39, 0.29) is 5.92 Å². The minimum atomic E-state index is -0.561. The molecule has 0 saturated carbocycles. The zero-order valence-electron chi connectivity index (χ0n) is 14.6. The van der Waals surface area contributed by atoms with Crippen molar-refractivity contribution in [2.24, 2.45) is 12.0 Å². The summed E-state index contributed by atoms with van der Waals surface area (Å²) < 4.78 is 28.9. The summed E-state index contributed by atoms with van der Waals surface area (Å²) in [5.41, 5.74) is 1.66. The molecule has 24 heavy (non-hydrogen) atoms. The largest absolute Gasteiger partial charge is 0.356 e. The van der Waals surface area contributed by atoms with E-state index in [1.807, 2.05) is 38.2 Å². The summed E-state index contributed by atoms with van der Waals surface area (Å²) in [6.45, 7) is 3.11. The molecule has 0 amide bonds. The Labute approximate surface area is 141 Å². The summed E-state index contributed by atoms with van der Waals surface area (Å²) in [5, 5.41) is 3.25. The van der Waals surface area contributed by atoms with Crippen molar-refractivity contribution in [3.05, 3.63) is 59.4 Å². The fourth-order valence-electron chi connectivity index (χ4n) is 2.62. The molecule has 1 N–H and O–H groups in total. The van der Waals surface area contributed by atoms with Gasteiger partial charge in [0.05, 0.1) is 6.54 Å². The standard InChI is InChI=1S/C18H24F2N4/c1-13(16-8-7-14(19)10-17(16)20)11-22-18(21-2)24(4)12-15-6-5-9-23(15)3/h5-10,13H,11-12H2,1-4H3,(H,21,22). The van der Waals surface area contributed by atoms with Crippen molar-refractivity contribution in [3.63, 3.8) is 0 Å². The average Bonchev–Trinajstić information content (AvgIpc) is 2.92. The SMILES string of the molecule is CN=C(NCC(C)c1ccc(F)cc1F)N(C)Cc1cccn1C. The highest BCUT2D eigenvalue weighted by Gasteiger charge is 2.14. The summed E-state index contributed by atoms with van der Waals surface area (Å²) in [7, 11) is 5.66. The van der Waals surface area contributed by atoms with E-state index in [2.05, 4.69) is 20.9 Å². The van der Waals surface area contributed by atoms with Gasteiger partial charge >= 0.3 is 0 Å². The molecule has 1 aromatic carbocycles. The number of aryl methyl sites for hydroxylation is 1. The molecule has 0 saturated heterocycles. The number of rotatable bonds is 5. The molecule has 1 aromatic heterocycles. The Balaban J connectivity index is 1.96. The van der Waals surface area contributed by atoms with Crippen LogP contribution in [0.1, 0.15) is 24.1 Å². The zero-order chi connectivity index (χ0) is 17.7. The molecule has 2 aromatic rings. The van der Waals surface area contributed by atoms with Crippen molar-refractivity contribution in [1.29, 1.82) is 0 Å². The van der Waals surface area contributed by atoms with E-state index < -0.39 is 11.6 Å². The van der Waals surface area contributed by atoms with Gasteiger partial charge in [0.15, 0.2) is 5.96 Å². The first-order chi connectivity index (χ1) is 11.4. The molecule has 130 valence electrons. The van der Waals surface area contributed by atoms with Gasteiger partial charge in [0.2, 0.25) is 0 Å².